The number of hydrogen-bond donors (Lipinski definition) is 2. The summed E-state index contributed by atoms with van der Waals surface area (Å²) in [6.45, 7) is 0.372. The van der Waals surface area contributed by atoms with Crippen LogP contribution in [0.1, 0.15) is 31.8 Å². The van der Waals surface area contributed by atoms with Gasteiger partial charge in [-0.25, -0.2) is 0 Å². The van der Waals surface area contributed by atoms with Crippen LogP contribution in [0, 0.1) is 11.3 Å². The van der Waals surface area contributed by atoms with Crippen molar-refractivity contribution in [2.24, 2.45) is 0 Å². The van der Waals surface area contributed by atoms with E-state index in [1.807, 2.05) is 6.07 Å². The number of anilines is 1. The van der Waals surface area contributed by atoms with E-state index in [9.17, 15) is 9.59 Å². The molecule has 0 fully saturated rings. The fourth-order valence-corrected chi connectivity index (χ4v) is 2.48. The molecular weight excluding hydrogens is 338 g/mol. The molecule has 27 heavy (non-hydrogen) atoms. The van der Waals surface area contributed by atoms with Crippen LogP contribution in [0.2, 0.25) is 0 Å². The van der Waals surface area contributed by atoms with E-state index in [0.717, 1.165) is 5.56 Å². The predicted octanol–water partition coefficient (Wildman–Crippen LogP) is 3.74. The molecule has 5 nitrogen and oxygen atoms in total. The highest BCUT2D eigenvalue weighted by Gasteiger charge is 2.08. The summed E-state index contributed by atoms with van der Waals surface area (Å²) >= 11 is 0. The smallest absolute Gasteiger partial charge is 0.255 e. The highest BCUT2D eigenvalue weighted by Crippen LogP contribution is 2.12. The van der Waals surface area contributed by atoms with Crippen molar-refractivity contribution in [1.29, 1.82) is 5.26 Å². The van der Waals surface area contributed by atoms with Gasteiger partial charge >= 0.3 is 0 Å². The zero-order chi connectivity index (χ0) is 19.1. The first-order valence-electron chi connectivity index (χ1n) is 8.39. The molecule has 3 aromatic carbocycles. The van der Waals surface area contributed by atoms with Gasteiger partial charge < -0.3 is 10.6 Å². The summed E-state index contributed by atoms with van der Waals surface area (Å²) in [7, 11) is 0. The maximum atomic E-state index is 12.2. The molecule has 0 aliphatic rings. The highest BCUT2D eigenvalue weighted by atomic mass is 16.2. The minimum atomic E-state index is -0.208. The quantitative estimate of drug-likeness (QED) is 0.731. The van der Waals surface area contributed by atoms with Crippen LogP contribution in [0.15, 0.2) is 78.9 Å². The first kappa shape index (κ1) is 17.9. The monoisotopic (exact) mass is 355 g/mol. The van der Waals surface area contributed by atoms with E-state index in [0.29, 0.717) is 28.9 Å². The van der Waals surface area contributed by atoms with Crippen molar-refractivity contribution in [3.8, 4) is 6.07 Å². The Balaban J connectivity index is 1.56. The molecule has 0 aliphatic carbocycles. The maximum absolute atomic E-state index is 12.2. The molecule has 0 spiro atoms. The molecular formula is C22H17N3O2. The molecule has 0 heterocycles. The minimum absolute atomic E-state index is 0.200. The Kier molecular flexibility index (Phi) is 5.60. The molecule has 3 aromatic rings. The Bertz CT molecular complexity index is 973. The van der Waals surface area contributed by atoms with Gasteiger partial charge in [-0.05, 0) is 54.1 Å². The van der Waals surface area contributed by atoms with Crippen LogP contribution in [0.5, 0.6) is 0 Å². The summed E-state index contributed by atoms with van der Waals surface area (Å²) in [5, 5.41) is 14.4. The van der Waals surface area contributed by atoms with Crippen LogP contribution < -0.4 is 10.6 Å². The van der Waals surface area contributed by atoms with Crippen molar-refractivity contribution >= 4 is 17.5 Å². The van der Waals surface area contributed by atoms with E-state index in [2.05, 4.69) is 16.7 Å². The number of carbonyl (C=O) groups excluding carboxylic acids is 2. The van der Waals surface area contributed by atoms with Gasteiger partial charge in [0.25, 0.3) is 11.8 Å². The molecule has 0 aromatic heterocycles. The predicted molar refractivity (Wildman–Crippen MR) is 103 cm³/mol. The molecule has 0 unspecified atom stereocenters. The van der Waals surface area contributed by atoms with Gasteiger partial charge in [-0.15, -0.1) is 0 Å². The number of amides is 2. The standard InChI is InChI=1S/C22H17N3O2/c23-14-16-6-8-17(9-7-16)15-24-21(26)19-10-12-20(13-11-19)25-22(27)18-4-2-1-3-5-18/h1-13H,15H2,(H,24,26)(H,25,27). The number of nitriles is 1. The number of carbonyl (C=O) groups is 2. The zero-order valence-corrected chi connectivity index (χ0v) is 14.5. The van der Waals surface area contributed by atoms with Gasteiger partial charge in [0.2, 0.25) is 0 Å². The average molecular weight is 355 g/mol. The van der Waals surface area contributed by atoms with Crippen molar-refractivity contribution in [3.05, 3.63) is 101 Å². The van der Waals surface area contributed by atoms with E-state index in [1.165, 1.54) is 0 Å². The van der Waals surface area contributed by atoms with Crippen molar-refractivity contribution in [2.75, 3.05) is 5.32 Å². The lowest BCUT2D eigenvalue weighted by Crippen LogP contribution is -2.22. The van der Waals surface area contributed by atoms with E-state index in [4.69, 9.17) is 5.26 Å². The van der Waals surface area contributed by atoms with Gasteiger partial charge in [-0.1, -0.05) is 30.3 Å². The third kappa shape index (κ3) is 4.80. The number of nitrogens with zero attached hydrogens (tertiary/aromatic N) is 1. The molecule has 3 rings (SSSR count). The second-order valence-electron chi connectivity index (χ2n) is 5.89. The first-order chi connectivity index (χ1) is 13.2. The molecule has 0 atom stereocenters. The molecule has 0 bridgehead atoms. The number of nitrogens with one attached hydrogen (secondary N) is 2. The molecule has 132 valence electrons. The largest absolute Gasteiger partial charge is 0.348 e. The summed E-state index contributed by atoms with van der Waals surface area (Å²) in [6.07, 6.45) is 0. The number of rotatable bonds is 5. The average Bonchev–Trinajstić information content (AvgIpc) is 2.73. The van der Waals surface area contributed by atoms with E-state index < -0.39 is 0 Å². The van der Waals surface area contributed by atoms with Crippen LogP contribution >= 0.6 is 0 Å². The maximum Gasteiger partial charge on any atom is 0.255 e. The molecule has 5 heteroatoms. The summed E-state index contributed by atoms with van der Waals surface area (Å²) in [6, 6.07) is 24.7. The molecule has 2 N–H and O–H groups in total. The fourth-order valence-electron chi connectivity index (χ4n) is 2.48. The lowest BCUT2D eigenvalue weighted by molar-refractivity contribution is 0.0950. The normalized spacial score (nSPS) is 9.89. The topological polar surface area (TPSA) is 82.0 Å². The van der Waals surface area contributed by atoms with Crippen LogP contribution in [-0.4, -0.2) is 11.8 Å². The lowest BCUT2D eigenvalue weighted by atomic mass is 10.1. The van der Waals surface area contributed by atoms with Gasteiger partial charge in [0.1, 0.15) is 0 Å². The fraction of sp³-hybridized carbons (Fsp3) is 0.0455. The van der Waals surface area contributed by atoms with Gasteiger partial charge in [0, 0.05) is 23.4 Å². The van der Waals surface area contributed by atoms with Gasteiger partial charge in [-0.2, -0.15) is 5.26 Å². The zero-order valence-electron chi connectivity index (χ0n) is 14.5. The van der Waals surface area contributed by atoms with Gasteiger partial charge in [0.15, 0.2) is 0 Å². The SMILES string of the molecule is N#Cc1ccc(CNC(=O)c2ccc(NC(=O)c3ccccc3)cc2)cc1. The Morgan fingerprint density at radius 2 is 1.41 bits per heavy atom. The van der Waals surface area contributed by atoms with Crippen molar-refractivity contribution in [3.63, 3.8) is 0 Å². The summed E-state index contributed by atoms with van der Waals surface area (Å²) in [4.78, 5) is 24.4. The molecule has 0 radical (unpaired) electrons. The molecule has 0 aliphatic heterocycles. The molecule has 2 amide bonds. The summed E-state index contributed by atoms with van der Waals surface area (Å²) in [5.74, 6) is -0.408. The van der Waals surface area contributed by atoms with E-state index >= 15 is 0 Å². The van der Waals surface area contributed by atoms with Gasteiger partial charge in [0.05, 0.1) is 11.6 Å². The van der Waals surface area contributed by atoms with E-state index in [1.54, 1.807) is 72.8 Å². The van der Waals surface area contributed by atoms with E-state index in [-0.39, 0.29) is 11.8 Å². The van der Waals surface area contributed by atoms with Crippen molar-refractivity contribution in [1.82, 2.24) is 5.32 Å². The van der Waals surface area contributed by atoms with Crippen LogP contribution in [-0.2, 0) is 6.54 Å². The second-order valence-corrected chi connectivity index (χ2v) is 5.89. The molecule has 0 saturated carbocycles. The summed E-state index contributed by atoms with van der Waals surface area (Å²) in [5.41, 5.74) is 3.18. The van der Waals surface area contributed by atoms with Crippen molar-refractivity contribution in [2.45, 2.75) is 6.54 Å². The summed E-state index contributed by atoms with van der Waals surface area (Å²) < 4.78 is 0. The van der Waals surface area contributed by atoms with Crippen molar-refractivity contribution < 1.29 is 9.59 Å². The third-order valence-corrected chi connectivity index (χ3v) is 3.98. The Labute approximate surface area is 157 Å². The van der Waals surface area contributed by atoms with Crippen LogP contribution in [0.25, 0.3) is 0 Å². The Morgan fingerprint density at radius 1 is 0.778 bits per heavy atom. The van der Waals surface area contributed by atoms with Crippen LogP contribution in [0.3, 0.4) is 0 Å². The van der Waals surface area contributed by atoms with Gasteiger partial charge in [-0.3, -0.25) is 9.59 Å². The second kappa shape index (κ2) is 8.45. The third-order valence-electron chi connectivity index (χ3n) is 3.98. The van der Waals surface area contributed by atoms with Crippen LogP contribution in [0.4, 0.5) is 5.69 Å². The number of benzene rings is 3. The number of hydrogen-bond acceptors (Lipinski definition) is 3. The highest BCUT2D eigenvalue weighted by molar-refractivity contribution is 6.04. The first-order valence-corrected chi connectivity index (χ1v) is 8.39. The Hall–Kier alpha value is -3.91. The minimum Gasteiger partial charge on any atom is -0.348 e. The molecule has 0 saturated heterocycles. The lowest BCUT2D eigenvalue weighted by Gasteiger charge is -2.08. The Morgan fingerprint density at radius 3 is 2.04 bits per heavy atom.